The number of hydrogen-bond donors (Lipinski definition) is 0. The molecule has 0 aliphatic carbocycles. The number of benzene rings is 2. The highest BCUT2D eigenvalue weighted by atomic mass is 32.2. The summed E-state index contributed by atoms with van der Waals surface area (Å²) in [5, 5.41) is 9.25. The Labute approximate surface area is 198 Å². The first-order valence-electron chi connectivity index (χ1n) is 11.3. The lowest BCUT2D eigenvalue weighted by atomic mass is 10.1. The maximum atomic E-state index is 13.4. The molecule has 0 bridgehead atoms. The average molecular weight is 465 g/mol. The van der Waals surface area contributed by atoms with Crippen LogP contribution in [0, 0.1) is 0 Å². The highest BCUT2D eigenvalue weighted by molar-refractivity contribution is 7.99. The number of aromatic nitrogens is 3. The minimum absolute atomic E-state index is 0.0230. The molecule has 33 heavy (non-hydrogen) atoms. The first-order chi connectivity index (χ1) is 16.2. The van der Waals surface area contributed by atoms with Crippen LogP contribution in [-0.2, 0) is 4.79 Å². The summed E-state index contributed by atoms with van der Waals surface area (Å²) < 4.78 is 12.2. The third-order valence-electron chi connectivity index (χ3n) is 5.16. The summed E-state index contributed by atoms with van der Waals surface area (Å²) in [6, 6.07) is 15.4. The van der Waals surface area contributed by atoms with Crippen LogP contribution in [0.3, 0.4) is 0 Å². The molecular formula is C25H28N4O3S. The SMILES string of the molecule is CCCOc1ccc([C@H]2Oc3nc(SCC)nnc3-c3ccccc3N2C(=O)CCC)cc1. The number of para-hydroxylation sites is 1. The molecule has 0 spiro atoms. The monoisotopic (exact) mass is 464 g/mol. The van der Waals surface area contributed by atoms with E-state index in [9.17, 15) is 4.79 Å². The lowest BCUT2D eigenvalue weighted by Crippen LogP contribution is -2.37. The minimum Gasteiger partial charge on any atom is -0.494 e. The maximum Gasteiger partial charge on any atom is 0.247 e. The van der Waals surface area contributed by atoms with Crippen molar-refractivity contribution < 1.29 is 14.3 Å². The zero-order valence-corrected chi connectivity index (χ0v) is 20.0. The van der Waals surface area contributed by atoms with Crippen molar-refractivity contribution in [1.29, 1.82) is 0 Å². The molecule has 4 rings (SSSR count). The van der Waals surface area contributed by atoms with Crippen molar-refractivity contribution in [2.45, 2.75) is 51.4 Å². The van der Waals surface area contributed by atoms with Crippen molar-refractivity contribution in [2.24, 2.45) is 0 Å². The van der Waals surface area contributed by atoms with Crippen LogP contribution in [0.15, 0.2) is 53.7 Å². The Kier molecular flexibility index (Phi) is 7.44. The van der Waals surface area contributed by atoms with E-state index in [1.807, 2.05) is 62.4 Å². The number of hydrogen-bond acceptors (Lipinski definition) is 7. The number of fused-ring (bicyclic) bond motifs is 3. The number of nitrogens with zero attached hydrogens (tertiary/aromatic N) is 4. The van der Waals surface area contributed by atoms with Crippen molar-refractivity contribution >= 4 is 23.4 Å². The predicted molar refractivity (Wildman–Crippen MR) is 130 cm³/mol. The van der Waals surface area contributed by atoms with Gasteiger partial charge in [0.25, 0.3) is 0 Å². The van der Waals surface area contributed by atoms with Gasteiger partial charge in [-0.05, 0) is 48.9 Å². The average Bonchev–Trinajstić information content (AvgIpc) is 2.98. The molecule has 2 aromatic carbocycles. The molecule has 3 aromatic rings. The Bertz CT molecular complexity index is 1110. The van der Waals surface area contributed by atoms with Gasteiger partial charge in [0.15, 0.2) is 5.69 Å². The van der Waals surface area contributed by atoms with Crippen LogP contribution < -0.4 is 14.4 Å². The van der Waals surface area contributed by atoms with Crippen LogP contribution in [0.2, 0.25) is 0 Å². The fourth-order valence-corrected chi connectivity index (χ4v) is 4.18. The van der Waals surface area contributed by atoms with Gasteiger partial charge in [0.1, 0.15) is 5.75 Å². The summed E-state index contributed by atoms with van der Waals surface area (Å²) in [6.45, 7) is 6.75. The maximum absolute atomic E-state index is 13.4. The molecule has 2 heterocycles. The zero-order valence-electron chi connectivity index (χ0n) is 19.2. The van der Waals surface area contributed by atoms with E-state index < -0.39 is 6.23 Å². The second-order valence-electron chi connectivity index (χ2n) is 7.60. The second kappa shape index (κ2) is 10.7. The summed E-state index contributed by atoms with van der Waals surface area (Å²) in [7, 11) is 0. The van der Waals surface area contributed by atoms with Crippen molar-refractivity contribution in [3.63, 3.8) is 0 Å². The van der Waals surface area contributed by atoms with Gasteiger partial charge in [-0.3, -0.25) is 9.69 Å². The molecular weight excluding hydrogens is 436 g/mol. The van der Waals surface area contributed by atoms with E-state index in [-0.39, 0.29) is 5.91 Å². The number of carbonyl (C=O) groups is 1. The Morgan fingerprint density at radius 3 is 2.58 bits per heavy atom. The van der Waals surface area contributed by atoms with E-state index in [0.717, 1.165) is 41.2 Å². The smallest absolute Gasteiger partial charge is 0.247 e. The number of amides is 1. The molecule has 172 valence electrons. The predicted octanol–water partition coefficient (Wildman–Crippen LogP) is 5.66. The lowest BCUT2D eigenvalue weighted by molar-refractivity contribution is -0.120. The summed E-state index contributed by atoms with van der Waals surface area (Å²) in [6.07, 6.45) is 1.38. The Morgan fingerprint density at radius 1 is 1.06 bits per heavy atom. The Hall–Kier alpha value is -3.13. The topological polar surface area (TPSA) is 77.4 Å². The number of rotatable bonds is 8. The third-order valence-corrected chi connectivity index (χ3v) is 5.88. The molecule has 0 N–H and O–H groups in total. The highest BCUT2D eigenvalue weighted by Gasteiger charge is 2.35. The van der Waals surface area contributed by atoms with E-state index in [0.29, 0.717) is 29.8 Å². The highest BCUT2D eigenvalue weighted by Crippen LogP contribution is 2.43. The largest absolute Gasteiger partial charge is 0.494 e. The zero-order chi connectivity index (χ0) is 23.2. The van der Waals surface area contributed by atoms with E-state index in [2.05, 4.69) is 22.1 Å². The van der Waals surface area contributed by atoms with Crippen LogP contribution in [0.5, 0.6) is 11.6 Å². The molecule has 1 aromatic heterocycles. The first-order valence-corrected chi connectivity index (χ1v) is 12.3. The normalized spacial score (nSPS) is 14.6. The van der Waals surface area contributed by atoms with Gasteiger partial charge in [0.2, 0.25) is 23.2 Å². The van der Waals surface area contributed by atoms with Gasteiger partial charge >= 0.3 is 0 Å². The Balaban J connectivity index is 1.84. The molecule has 0 saturated heterocycles. The van der Waals surface area contributed by atoms with Crippen LogP contribution in [0.1, 0.15) is 51.8 Å². The molecule has 0 saturated carbocycles. The van der Waals surface area contributed by atoms with Crippen LogP contribution in [-0.4, -0.2) is 33.4 Å². The molecule has 0 radical (unpaired) electrons. The molecule has 1 amide bonds. The van der Waals surface area contributed by atoms with Gasteiger partial charge in [0, 0.05) is 17.5 Å². The van der Waals surface area contributed by atoms with Gasteiger partial charge in [-0.25, -0.2) is 0 Å². The Morgan fingerprint density at radius 2 is 1.85 bits per heavy atom. The van der Waals surface area contributed by atoms with Crippen LogP contribution >= 0.6 is 11.8 Å². The molecule has 1 atom stereocenters. The van der Waals surface area contributed by atoms with Gasteiger partial charge in [-0.2, -0.15) is 4.98 Å². The first kappa shape index (κ1) is 23.0. The van der Waals surface area contributed by atoms with Crippen LogP contribution in [0.4, 0.5) is 5.69 Å². The van der Waals surface area contributed by atoms with E-state index >= 15 is 0 Å². The van der Waals surface area contributed by atoms with E-state index in [4.69, 9.17) is 9.47 Å². The second-order valence-corrected chi connectivity index (χ2v) is 8.83. The summed E-state index contributed by atoms with van der Waals surface area (Å²) in [5.41, 5.74) is 2.87. The molecule has 8 heteroatoms. The van der Waals surface area contributed by atoms with Gasteiger partial charge in [-0.1, -0.05) is 50.7 Å². The standard InChI is InChI=1S/C25H28N4O3S/c1-4-9-21(30)29-20-11-8-7-10-19(20)22-23(26-25(28-27-22)33-6-3)32-24(29)17-12-14-18(15-13-17)31-16-5-2/h7-8,10-15,24H,4-6,9,16H2,1-3H3/t24-/m1/s1. The molecule has 1 aliphatic heterocycles. The number of anilines is 1. The summed E-state index contributed by atoms with van der Waals surface area (Å²) in [5.74, 6) is 1.95. The molecule has 1 aliphatic rings. The molecule has 0 fully saturated rings. The van der Waals surface area contributed by atoms with Gasteiger partial charge in [0.05, 0.1) is 12.3 Å². The minimum atomic E-state index is -0.692. The van der Waals surface area contributed by atoms with Crippen molar-refractivity contribution in [3.05, 3.63) is 54.1 Å². The van der Waals surface area contributed by atoms with Crippen molar-refractivity contribution in [3.8, 4) is 22.9 Å². The fourth-order valence-electron chi connectivity index (χ4n) is 3.67. The number of carbonyl (C=O) groups excluding carboxylic acids is 1. The van der Waals surface area contributed by atoms with Gasteiger partial charge < -0.3 is 9.47 Å². The summed E-state index contributed by atoms with van der Waals surface area (Å²) in [4.78, 5) is 19.7. The van der Waals surface area contributed by atoms with E-state index in [1.165, 1.54) is 11.8 Å². The quantitative estimate of drug-likeness (QED) is 0.398. The lowest BCUT2D eigenvalue weighted by Gasteiger charge is -2.31. The van der Waals surface area contributed by atoms with E-state index in [1.54, 1.807) is 4.90 Å². The van der Waals surface area contributed by atoms with Crippen molar-refractivity contribution in [1.82, 2.24) is 15.2 Å². The number of ether oxygens (including phenoxy) is 2. The van der Waals surface area contributed by atoms with Crippen molar-refractivity contribution in [2.75, 3.05) is 17.3 Å². The fraction of sp³-hybridized carbons (Fsp3) is 0.360. The molecule has 0 unspecified atom stereocenters. The third kappa shape index (κ3) is 4.95. The molecule has 7 nitrogen and oxygen atoms in total. The van der Waals surface area contributed by atoms with Gasteiger partial charge in [-0.15, -0.1) is 10.2 Å². The number of thioether (sulfide) groups is 1. The van der Waals surface area contributed by atoms with Crippen LogP contribution in [0.25, 0.3) is 11.3 Å². The summed E-state index contributed by atoms with van der Waals surface area (Å²) >= 11 is 1.50.